The van der Waals surface area contributed by atoms with E-state index in [1.807, 2.05) is 0 Å². The van der Waals surface area contributed by atoms with Crippen molar-refractivity contribution in [3.05, 3.63) is 60.4 Å². The van der Waals surface area contributed by atoms with Gasteiger partial charge in [0.05, 0.1) is 10.6 Å². The van der Waals surface area contributed by atoms with Gasteiger partial charge in [-0.1, -0.05) is 12.1 Å². The molecule has 0 saturated carbocycles. The van der Waals surface area contributed by atoms with E-state index in [4.69, 9.17) is 0 Å². The molecule has 0 aliphatic carbocycles. The minimum atomic E-state index is -3.34. The van der Waals surface area contributed by atoms with Gasteiger partial charge >= 0.3 is 0 Å². The molecule has 3 aromatic rings. The summed E-state index contributed by atoms with van der Waals surface area (Å²) in [6, 6.07) is 12.8. The van der Waals surface area contributed by atoms with Gasteiger partial charge in [-0.2, -0.15) is 0 Å². The van der Waals surface area contributed by atoms with E-state index in [1.54, 1.807) is 36.4 Å². The maximum atomic E-state index is 12.4. The number of carbonyl (C=O) groups is 1. The van der Waals surface area contributed by atoms with Crippen LogP contribution in [0, 0.1) is 0 Å². The molecule has 24 heavy (non-hydrogen) atoms. The molecule has 0 radical (unpaired) electrons. The summed E-state index contributed by atoms with van der Waals surface area (Å²) < 4.78 is 24.6. The zero-order valence-corrected chi connectivity index (χ0v) is 13.4. The first kappa shape index (κ1) is 15.8. The van der Waals surface area contributed by atoms with E-state index in [0.29, 0.717) is 16.9 Å². The summed E-state index contributed by atoms with van der Waals surface area (Å²) in [4.78, 5) is 12.5. The Labute approximate surface area is 138 Å². The monoisotopic (exact) mass is 343 g/mol. The van der Waals surface area contributed by atoms with Gasteiger partial charge in [0.2, 0.25) is 0 Å². The Morgan fingerprint density at radius 1 is 1.12 bits per heavy atom. The second-order valence-corrected chi connectivity index (χ2v) is 7.07. The molecule has 9 heteroatoms. The number of aromatic nitrogens is 4. The zero-order chi connectivity index (χ0) is 17.2. The van der Waals surface area contributed by atoms with Crippen LogP contribution < -0.4 is 5.32 Å². The summed E-state index contributed by atoms with van der Waals surface area (Å²) in [5.41, 5.74) is 1.43. The third kappa shape index (κ3) is 3.46. The van der Waals surface area contributed by atoms with Crippen molar-refractivity contribution < 1.29 is 13.2 Å². The summed E-state index contributed by atoms with van der Waals surface area (Å²) in [5.74, 6) is -0.365. The minimum absolute atomic E-state index is 0.141. The van der Waals surface area contributed by atoms with Gasteiger partial charge in [-0.05, 0) is 46.8 Å². The van der Waals surface area contributed by atoms with E-state index in [-0.39, 0.29) is 10.8 Å². The van der Waals surface area contributed by atoms with E-state index < -0.39 is 9.84 Å². The largest absolute Gasteiger partial charge is 0.322 e. The first-order valence-electron chi connectivity index (χ1n) is 6.88. The molecule has 0 saturated heterocycles. The molecule has 1 N–H and O–H groups in total. The summed E-state index contributed by atoms with van der Waals surface area (Å²) in [7, 11) is -3.34. The van der Waals surface area contributed by atoms with E-state index in [0.717, 1.165) is 6.26 Å². The number of hydrogen-bond donors (Lipinski definition) is 1. The number of anilines is 1. The number of amides is 1. The smallest absolute Gasteiger partial charge is 0.255 e. The van der Waals surface area contributed by atoms with Crippen molar-refractivity contribution in [2.45, 2.75) is 4.90 Å². The normalized spacial score (nSPS) is 11.2. The van der Waals surface area contributed by atoms with Crippen molar-refractivity contribution in [3.8, 4) is 5.69 Å². The third-order valence-electron chi connectivity index (χ3n) is 3.24. The molecule has 0 aliphatic heterocycles. The molecule has 0 unspecified atom stereocenters. The van der Waals surface area contributed by atoms with Crippen LogP contribution >= 0.6 is 0 Å². The molecule has 1 heterocycles. The molecule has 0 bridgehead atoms. The summed E-state index contributed by atoms with van der Waals surface area (Å²) in [6.45, 7) is 0. The van der Waals surface area contributed by atoms with Gasteiger partial charge in [0.1, 0.15) is 6.33 Å². The van der Waals surface area contributed by atoms with E-state index in [2.05, 4.69) is 20.8 Å². The van der Waals surface area contributed by atoms with E-state index in [9.17, 15) is 13.2 Å². The van der Waals surface area contributed by atoms with Crippen LogP contribution in [-0.4, -0.2) is 40.8 Å². The number of benzene rings is 2. The van der Waals surface area contributed by atoms with Crippen LogP contribution in [0.25, 0.3) is 5.69 Å². The predicted octanol–water partition coefficient (Wildman–Crippen LogP) is 1.32. The summed E-state index contributed by atoms with van der Waals surface area (Å²) in [5, 5.41) is 13.5. The maximum absolute atomic E-state index is 12.4. The van der Waals surface area contributed by atoms with Crippen molar-refractivity contribution in [3.63, 3.8) is 0 Å². The molecular weight excluding hydrogens is 330 g/mol. The van der Waals surface area contributed by atoms with E-state index in [1.165, 1.54) is 23.1 Å². The minimum Gasteiger partial charge on any atom is -0.322 e. The van der Waals surface area contributed by atoms with Gasteiger partial charge in [-0.3, -0.25) is 4.79 Å². The Morgan fingerprint density at radius 3 is 2.62 bits per heavy atom. The molecule has 0 fully saturated rings. The van der Waals surface area contributed by atoms with Gasteiger partial charge in [-0.25, -0.2) is 13.1 Å². The Morgan fingerprint density at radius 2 is 1.92 bits per heavy atom. The number of nitrogens with one attached hydrogen (secondary N) is 1. The van der Waals surface area contributed by atoms with Crippen LogP contribution in [0.15, 0.2) is 59.8 Å². The third-order valence-corrected chi connectivity index (χ3v) is 4.35. The van der Waals surface area contributed by atoms with Gasteiger partial charge in [-0.15, -0.1) is 5.10 Å². The van der Waals surface area contributed by atoms with Crippen molar-refractivity contribution >= 4 is 21.4 Å². The molecule has 122 valence electrons. The fourth-order valence-corrected chi connectivity index (χ4v) is 2.74. The van der Waals surface area contributed by atoms with Crippen LogP contribution in [0.3, 0.4) is 0 Å². The fraction of sp³-hybridized carbons (Fsp3) is 0.0667. The average Bonchev–Trinajstić information content (AvgIpc) is 3.09. The van der Waals surface area contributed by atoms with Gasteiger partial charge in [0, 0.05) is 17.5 Å². The fourth-order valence-electron chi connectivity index (χ4n) is 2.08. The molecule has 1 aromatic heterocycles. The SMILES string of the molecule is CS(=O)(=O)c1cccc(NC(=O)c2cccc(-n3cnnn3)c2)c1. The first-order valence-corrected chi connectivity index (χ1v) is 8.77. The highest BCUT2D eigenvalue weighted by Gasteiger charge is 2.11. The van der Waals surface area contributed by atoms with Crippen LogP contribution in [-0.2, 0) is 9.84 Å². The Bertz CT molecular complexity index is 984. The van der Waals surface area contributed by atoms with Crippen molar-refractivity contribution in [2.24, 2.45) is 0 Å². The van der Waals surface area contributed by atoms with E-state index >= 15 is 0 Å². The standard InChI is InChI=1S/C15H13N5O3S/c1-24(22,23)14-7-3-5-12(9-14)17-15(21)11-4-2-6-13(8-11)20-10-16-18-19-20/h2-10H,1H3,(H,17,21). The molecular formula is C15H13N5O3S. The van der Waals surface area contributed by atoms with Crippen LogP contribution in [0.1, 0.15) is 10.4 Å². The lowest BCUT2D eigenvalue weighted by molar-refractivity contribution is 0.102. The average molecular weight is 343 g/mol. The highest BCUT2D eigenvalue weighted by Crippen LogP contribution is 2.17. The number of nitrogens with zero attached hydrogens (tertiary/aromatic N) is 4. The maximum Gasteiger partial charge on any atom is 0.255 e. The highest BCUT2D eigenvalue weighted by molar-refractivity contribution is 7.90. The Kier molecular flexibility index (Phi) is 4.09. The zero-order valence-electron chi connectivity index (χ0n) is 12.6. The second kappa shape index (κ2) is 6.20. The molecule has 0 aliphatic rings. The summed E-state index contributed by atoms with van der Waals surface area (Å²) in [6.07, 6.45) is 2.54. The first-order chi connectivity index (χ1) is 11.4. The number of sulfone groups is 1. The summed E-state index contributed by atoms with van der Waals surface area (Å²) >= 11 is 0. The highest BCUT2D eigenvalue weighted by atomic mass is 32.2. The van der Waals surface area contributed by atoms with Crippen LogP contribution in [0.2, 0.25) is 0 Å². The van der Waals surface area contributed by atoms with Crippen LogP contribution in [0.5, 0.6) is 0 Å². The molecule has 1 amide bonds. The van der Waals surface area contributed by atoms with Gasteiger partial charge in [0.25, 0.3) is 5.91 Å². The number of carbonyl (C=O) groups excluding carboxylic acids is 1. The molecule has 0 spiro atoms. The van der Waals surface area contributed by atoms with Gasteiger partial charge < -0.3 is 5.32 Å². The molecule has 8 nitrogen and oxygen atoms in total. The van der Waals surface area contributed by atoms with Crippen molar-refractivity contribution in [1.82, 2.24) is 20.2 Å². The quantitative estimate of drug-likeness (QED) is 0.765. The Balaban J connectivity index is 1.85. The lowest BCUT2D eigenvalue weighted by Crippen LogP contribution is -2.13. The van der Waals surface area contributed by atoms with Crippen molar-refractivity contribution in [2.75, 3.05) is 11.6 Å². The molecule has 0 atom stereocenters. The van der Waals surface area contributed by atoms with Gasteiger partial charge in [0.15, 0.2) is 9.84 Å². The molecule has 3 rings (SSSR count). The van der Waals surface area contributed by atoms with Crippen LogP contribution in [0.4, 0.5) is 5.69 Å². The molecule has 2 aromatic carbocycles. The predicted molar refractivity (Wildman–Crippen MR) is 86.7 cm³/mol. The number of tetrazole rings is 1. The lowest BCUT2D eigenvalue weighted by Gasteiger charge is -2.08. The topological polar surface area (TPSA) is 107 Å². The number of rotatable bonds is 4. The number of hydrogen-bond acceptors (Lipinski definition) is 6. The lowest BCUT2D eigenvalue weighted by atomic mass is 10.2. The Hall–Kier alpha value is -3.07. The van der Waals surface area contributed by atoms with Crippen molar-refractivity contribution in [1.29, 1.82) is 0 Å². The second-order valence-electron chi connectivity index (χ2n) is 5.06.